The Balaban J connectivity index is 2.35. The van der Waals surface area contributed by atoms with Crippen molar-refractivity contribution in [2.24, 2.45) is 0 Å². The fourth-order valence-corrected chi connectivity index (χ4v) is 1.74. The van der Waals surface area contributed by atoms with Crippen LogP contribution >= 0.6 is 0 Å². The van der Waals surface area contributed by atoms with Gasteiger partial charge in [-0.05, 0) is 18.4 Å². The summed E-state index contributed by atoms with van der Waals surface area (Å²) in [5.74, 6) is -3.06. The summed E-state index contributed by atoms with van der Waals surface area (Å²) in [6, 6.07) is 8.23. The van der Waals surface area contributed by atoms with E-state index in [1.807, 2.05) is 30.3 Å². The molecule has 0 spiro atoms. The Labute approximate surface area is 116 Å². The van der Waals surface area contributed by atoms with Crippen molar-refractivity contribution in [3.05, 3.63) is 35.9 Å². The van der Waals surface area contributed by atoms with Crippen molar-refractivity contribution in [3.8, 4) is 0 Å². The maximum absolute atomic E-state index is 11.6. The summed E-state index contributed by atoms with van der Waals surface area (Å²) in [7, 11) is 0. The van der Waals surface area contributed by atoms with E-state index in [1.54, 1.807) is 0 Å². The SMILES string of the molecule is O=C(O)CC(NC(=O)CCCc1ccccc1)C(=O)O. The van der Waals surface area contributed by atoms with Gasteiger partial charge in [-0.25, -0.2) is 4.79 Å². The third kappa shape index (κ3) is 5.99. The molecule has 1 unspecified atom stereocenters. The molecule has 0 aliphatic heterocycles. The summed E-state index contributed by atoms with van der Waals surface area (Å²) in [5.41, 5.74) is 1.10. The molecule has 0 saturated heterocycles. The van der Waals surface area contributed by atoms with Gasteiger partial charge in [-0.3, -0.25) is 9.59 Å². The molecule has 0 aliphatic carbocycles. The van der Waals surface area contributed by atoms with E-state index in [2.05, 4.69) is 5.32 Å². The Kier molecular flexibility index (Phi) is 6.22. The topological polar surface area (TPSA) is 104 Å². The van der Waals surface area contributed by atoms with Gasteiger partial charge in [0.2, 0.25) is 5.91 Å². The van der Waals surface area contributed by atoms with Crippen LogP contribution in [0.1, 0.15) is 24.8 Å². The van der Waals surface area contributed by atoms with Crippen molar-refractivity contribution in [3.63, 3.8) is 0 Å². The van der Waals surface area contributed by atoms with Gasteiger partial charge in [-0.1, -0.05) is 30.3 Å². The number of rotatable bonds is 8. The molecule has 6 nitrogen and oxygen atoms in total. The molecule has 0 heterocycles. The van der Waals surface area contributed by atoms with Crippen LogP contribution in [0.3, 0.4) is 0 Å². The van der Waals surface area contributed by atoms with Gasteiger partial charge >= 0.3 is 11.9 Å². The van der Waals surface area contributed by atoms with E-state index in [4.69, 9.17) is 10.2 Å². The van der Waals surface area contributed by atoms with E-state index in [1.165, 1.54) is 0 Å². The number of aryl methyl sites for hydroxylation is 1. The summed E-state index contributed by atoms with van der Waals surface area (Å²) < 4.78 is 0. The first-order valence-corrected chi connectivity index (χ1v) is 6.27. The summed E-state index contributed by atoms with van der Waals surface area (Å²) in [6.07, 6.45) is 0.832. The van der Waals surface area contributed by atoms with E-state index in [9.17, 15) is 14.4 Å². The number of benzene rings is 1. The Bertz CT molecular complexity index is 472. The quantitative estimate of drug-likeness (QED) is 0.660. The zero-order chi connectivity index (χ0) is 15.0. The first-order chi connectivity index (χ1) is 9.49. The molecule has 0 bridgehead atoms. The van der Waals surface area contributed by atoms with E-state index < -0.39 is 30.3 Å². The molecule has 0 saturated carbocycles. The van der Waals surface area contributed by atoms with Crippen molar-refractivity contribution in [2.45, 2.75) is 31.7 Å². The molecule has 1 atom stereocenters. The zero-order valence-electron chi connectivity index (χ0n) is 10.9. The number of carboxylic acids is 2. The Hall–Kier alpha value is -2.37. The lowest BCUT2D eigenvalue weighted by molar-refractivity contribution is -0.147. The zero-order valence-corrected chi connectivity index (χ0v) is 10.9. The van der Waals surface area contributed by atoms with Crippen LogP contribution in [-0.4, -0.2) is 34.1 Å². The smallest absolute Gasteiger partial charge is 0.326 e. The van der Waals surface area contributed by atoms with E-state index in [0.717, 1.165) is 5.56 Å². The number of hydrogen-bond acceptors (Lipinski definition) is 3. The first kappa shape index (κ1) is 15.7. The van der Waals surface area contributed by atoms with Crippen molar-refractivity contribution in [1.82, 2.24) is 5.32 Å². The Morgan fingerprint density at radius 2 is 1.75 bits per heavy atom. The molecule has 20 heavy (non-hydrogen) atoms. The van der Waals surface area contributed by atoms with Gasteiger partial charge in [0.15, 0.2) is 0 Å². The average molecular weight is 279 g/mol. The molecule has 1 rings (SSSR count). The highest BCUT2D eigenvalue weighted by atomic mass is 16.4. The average Bonchev–Trinajstić information content (AvgIpc) is 2.38. The maximum atomic E-state index is 11.6. The molecule has 1 aromatic rings. The lowest BCUT2D eigenvalue weighted by Gasteiger charge is -2.12. The van der Waals surface area contributed by atoms with Crippen LogP contribution in [0.2, 0.25) is 0 Å². The standard InChI is InChI=1S/C14H17NO5/c16-12(15-11(14(19)20)9-13(17)18)8-4-7-10-5-2-1-3-6-10/h1-3,5-6,11H,4,7-9H2,(H,15,16)(H,17,18)(H,19,20). The molecule has 1 aromatic carbocycles. The van der Waals surface area contributed by atoms with Gasteiger partial charge in [0.25, 0.3) is 0 Å². The molecular formula is C14H17NO5. The number of aliphatic carboxylic acids is 2. The molecular weight excluding hydrogens is 262 g/mol. The predicted octanol–water partition coefficient (Wildman–Crippen LogP) is 1.05. The van der Waals surface area contributed by atoms with Crippen molar-refractivity contribution in [2.75, 3.05) is 0 Å². The third-order valence-corrected chi connectivity index (χ3v) is 2.72. The summed E-state index contributed by atoms with van der Waals surface area (Å²) in [6.45, 7) is 0. The molecule has 1 amide bonds. The number of carbonyl (C=O) groups excluding carboxylic acids is 1. The minimum Gasteiger partial charge on any atom is -0.481 e. The molecule has 108 valence electrons. The molecule has 0 aliphatic rings. The summed E-state index contributed by atoms with van der Waals surface area (Å²) in [5, 5.41) is 19.6. The number of carbonyl (C=O) groups is 3. The van der Waals surface area contributed by atoms with Crippen LogP contribution in [0.5, 0.6) is 0 Å². The number of hydrogen-bond donors (Lipinski definition) is 3. The van der Waals surface area contributed by atoms with Gasteiger partial charge in [0, 0.05) is 6.42 Å². The second kappa shape index (κ2) is 7.93. The predicted molar refractivity (Wildman–Crippen MR) is 71.2 cm³/mol. The van der Waals surface area contributed by atoms with Crippen LogP contribution in [0.4, 0.5) is 0 Å². The van der Waals surface area contributed by atoms with Crippen LogP contribution < -0.4 is 5.32 Å². The highest BCUT2D eigenvalue weighted by molar-refractivity contribution is 5.86. The largest absolute Gasteiger partial charge is 0.481 e. The first-order valence-electron chi connectivity index (χ1n) is 6.27. The second-order valence-electron chi connectivity index (χ2n) is 4.40. The molecule has 6 heteroatoms. The maximum Gasteiger partial charge on any atom is 0.326 e. The van der Waals surface area contributed by atoms with Crippen LogP contribution in [-0.2, 0) is 20.8 Å². The minimum absolute atomic E-state index is 0.165. The van der Waals surface area contributed by atoms with Gasteiger partial charge in [0.1, 0.15) is 6.04 Å². The van der Waals surface area contributed by atoms with Crippen molar-refractivity contribution >= 4 is 17.8 Å². The van der Waals surface area contributed by atoms with E-state index in [0.29, 0.717) is 12.8 Å². The number of carboxylic acid groups (broad SMARTS) is 2. The highest BCUT2D eigenvalue weighted by Gasteiger charge is 2.22. The van der Waals surface area contributed by atoms with Crippen molar-refractivity contribution < 1.29 is 24.6 Å². The molecule has 0 aromatic heterocycles. The summed E-state index contributed by atoms with van der Waals surface area (Å²) >= 11 is 0. The Morgan fingerprint density at radius 1 is 1.10 bits per heavy atom. The van der Waals surface area contributed by atoms with Gasteiger partial charge in [0.05, 0.1) is 6.42 Å². The van der Waals surface area contributed by atoms with Gasteiger partial charge < -0.3 is 15.5 Å². The number of nitrogens with one attached hydrogen (secondary N) is 1. The fourth-order valence-electron chi connectivity index (χ4n) is 1.74. The normalized spacial score (nSPS) is 11.6. The lowest BCUT2D eigenvalue weighted by atomic mass is 10.1. The second-order valence-corrected chi connectivity index (χ2v) is 4.40. The van der Waals surface area contributed by atoms with Crippen LogP contribution in [0.25, 0.3) is 0 Å². The molecule has 0 radical (unpaired) electrons. The number of amides is 1. The highest BCUT2D eigenvalue weighted by Crippen LogP contribution is 2.05. The van der Waals surface area contributed by atoms with E-state index in [-0.39, 0.29) is 6.42 Å². The molecule has 0 fully saturated rings. The minimum atomic E-state index is -1.38. The van der Waals surface area contributed by atoms with E-state index >= 15 is 0 Å². The fraction of sp³-hybridized carbons (Fsp3) is 0.357. The summed E-state index contributed by atoms with van der Waals surface area (Å²) in [4.78, 5) is 32.8. The molecule has 3 N–H and O–H groups in total. The van der Waals surface area contributed by atoms with Gasteiger partial charge in [-0.2, -0.15) is 0 Å². The Morgan fingerprint density at radius 3 is 2.30 bits per heavy atom. The monoisotopic (exact) mass is 279 g/mol. The third-order valence-electron chi connectivity index (χ3n) is 2.72. The van der Waals surface area contributed by atoms with Crippen LogP contribution in [0.15, 0.2) is 30.3 Å². The van der Waals surface area contributed by atoms with Crippen molar-refractivity contribution in [1.29, 1.82) is 0 Å². The van der Waals surface area contributed by atoms with Gasteiger partial charge in [-0.15, -0.1) is 0 Å². The van der Waals surface area contributed by atoms with Crippen LogP contribution in [0, 0.1) is 0 Å². The lowest BCUT2D eigenvalue weighted by Crippen LogP contribution is -2.42.